The van der Waals surface area contributed by atoms with Crippen molar-refractivity contribution in [2.45, 2.75) is 20.3 Å². The van der Waals surface area contributed by atoms with Gasteiger partial charge in [0.2, 0.25) is 0 Å². The molecule has 0 atom stereocenters. The van der Waals surface area contributed by atoms with Crippen molar-refractivity contribution in [2.24, 2.45) is 0 Å². The molecule has 0 fully saturated rings. The van der Waals surface area contributed by atoms with Crippen LogP contribution in [0.1, 0.15) is 29.4 Å². The summed E-state index contributed by atoms with van der Waals surface area (Å²) in [6.07, 6.45) is 4.37. The van der Waals surface area contributed by atoms with E-state index in [1.165, 1.54) is 0 Å². The van der Waals surface area contributed by atoms with Crippen LogP contribution in [0.3, 0.4) is 0 Å². The molecule has 0 unspecified atom stereocenters. The van der Waals surface area contributed by atoms with Gasteiger partial charge in [-0.3, -0.25) is 4.79 Å². The first-order chi connectivity index (χ1) is 9.69. The van der Waals surface area contributed by atoms with Crippen LogP contribution in [0.4, 0.5) is 11.5 Å². The van der Waals surface area contributed by atoms with Crippen LogP contribution in [0.25, 0.3) is 0 Å². The Balaban J connectivity index is 2.02. The molecule has 5 nitrogen and oxygen atoms in total. The van der Waals surface area contributed by atoms with Crippen molar-refractivity contribution < 1.29 is 4.79 Å². The van der Waals surface area contributed by atoms with Gasteiger partial charge in [0.1, 0.15) is 11.5 Å². The third-order valence-corrected chi connectivity index (χ3v) is 2.73. The van der Waals surface area contributed by atoms with Crippen LogP contribution in [0.2, 0.25) is 0 Å². The zero-order chi connectivity index (χ0) is 14.4. The van der Waals surface area contributed by atoms with E-state index in [1.54, 1.807) is 18.5 Å². The van der Waals surface area contributed by atoms with Crippen LogP contribution < -0.4 is 10.6 Å². The average molecular weight is 270 g/mol. The van der Waals surface area contributed by atoms with Gasteiger partial charge in [0.15, 0.2) is 0 Å². The van der Waals surface area contributed by atoms with E-state index in [0.29, 0.717) is 11.5 Å². The number of rotatable bonds is 5. The van der Waals surface area contributed by atoms with E-state index in [2.05, 4.69) is 27.5 Å². The summed E-state index contributed by atoms with van der Waals surface area (Å²) < 4.78 is 0. The molecule has 5 heteroatoms. The van der Waals surface area contributed by atoms with E-state index in [9.17, 15) is 4.79 Å². The molecular formula is C15H18N4O. The summed E-state index contributed by atoms with van der Waals surface area (Å²) in [6.45, 7) is 4.93. The van der Waals surface area contributed by atoms with Crippen LogP contribution in [-0.2, 0) is 0 Å². The fraction of sp³-hybridized carbons (Fsp3) is 0.267. The highest BCUT2D eigenvalue weighted by Crippen LogP contribution is 2.09. The minimum atomic E-state index is -0.259. The molecule has 1 amide bonds. The van der Waals surface area contributed by atoms with Gasteiger partial charge >= 0.3 is 0 Å². The summed E-state index contributed by atoms with van der Waals surface area (Å²) in [6, 6.07) is 7.24. The fourth-order valence-corrected chi connectivity index (χ4v) is 1.69. The lowest BCUT2D eigenvalue weighted by atomic mass is 10.3. The standard InChI is InChI=1S/C15H18N4O/c1-3-7-16-12-4-5-13(18-10-12)15(20)19-14-9-11(2)6-8-17-14/h4-6,8-10,16H,3,7H2,1-2H3,(H,17,19,20). The van der Waals surface area contributed by atoms with E-state index in [-0.39, 0.29) is 5.91 Å². The summed E-state index contributed by atoms with van der Waals surface area (Å²) in [7, 11) is 0. The average Bonchev–Trinajstić information content (AvgIpc) is 2.45. The van der Waals surface area contributed by atoms with Crippen molar-refractivity contribution in [2.75, 3.05) is 17.2 Å². The summed E-state index contributed by atoms with van der Waals surface area (Å²) in [5.41, 5.74) is 2.33. The number of nitrogens with one attached hydrogen (secondary N) is 2. The number of amides is 1. The van der Waals surface area contributed by atoms with Crippen molar-refractivity contribution in [3.63, 3.8) is 0 Å². The minimum absolute atomic E-state index is 0.259. The zero-order valence-corrected chi connectivity index (χ0v) is 11.7. The Hall–Kier alpha value is -2.43. The molecule has 2 rings (SSSR count). The van der Waals surface area contributed by atoms with Gasteiger partial charge in [-0.05, 0) is 43.2 Å². The number of hydrogen-bond donors (Lipinski definition) is 2. The first-order valence-corrected chi connectivity index (χ1v) is 6.63. The molecule has 0 radical (unpaired) electrons. The third-order valence-electron chi connectivity index (χ3n) is 2.73. The second kappa shape index (κ2) is 6.65. The first-order valence-electron chi connectivity index (χ1n) is 6.63. The van der Waals surface area contributed by atoms with Crippen molar-refractivity contribution in [3.8, 4) is 0 Å². The topological polar surface area (TPSA) is 66.9 Å². The molecule has 2 heterocycles. The minimum Gasteiger partial charge on any atom is -0.384 e. The molecular weight excluding hydrogens is 252 g/mol. The number of carbonyl (C=O) groups is 1. The van der Waals surface area contributed by atoms with Crippen LogP contribution in [0.15, 0.2) is 36.7 Å². The molecule has 0 aliphatic heterocycles. The van der Waals surface area contributed by atoms with Gasteiger partial charge in [-0.2, -0.15) is 0 Å². The molecule has 20 heavy (non-hydrogen) atoms. The SMILES string of the molecule is CCCNc1ccc(C(=O)Nc2cc(C)ccn2)nc1. The highest BCUT2D eigenvalue weighted by atomic mass is 16.1. The quantitative estimate of drug-likeness (QED) is 0.876. The maximum atomic E-state index is 12.0. The Morgan fingerprint density at radius 2 is 2.10 bits per heavy atom. The third kappa shape index (κ3) is 3.78. The maximum absolute atomic E-state index is 12.0. The lowest BCUT2D eigenvalue weighted by Gasteiger charge is -2.06. The largest absolute Gasteiger partial charge is 0.384 e. The lowest BCUT2D eigenvalue weighted by molar-refractivity contribution is 0.102. The van der Waals surface area contributed by atoms with Crippen LogP contribution in [0, 0.1) is 6.92 Å². The van der Waals surface area contributed by atoms with Crippen LogP contribution in [0.5, 0.6) is 0 Å². The predicted octanol–water partition coefficient (Wildman–Crippen LogP) is 2.86. The number of aryl methyl sites for hydroxylation is 1. The van der Waals surface area contributed by atoms with Crippen molar-refractivity contribution in [3.05, 3.63) is 47.9 Å². The van der Waals surface area contributed by atoms with Crippen LogP contribution >= 0.6 is 0 Å². The number of anilines is 2. The van der Waals surface area contributed by atoms with Gasteiger partial charge in [0.25, 0.3) is 5.91 Å². The molecule has 0 spiro atoms. The van der Waals surface area contributed by atoms with Gasteiger partial charge in [-0.15, -0.1) is 0 Å². The molecule has 0 saturated heterocycles. The number of aromatic nitrogens is 2. The molecule has 0 aromatic carbocycles. The smallest absolute Gasteiger partial charge is 0.275 e. The molecule has 0 aliphatic carbocycles. The molecule has 2 N–H and O–H groups in total. The summed E-state index contributed by atoms with van der Waals surface area (Å²) in [4.78, 5) is 20.3. The van der Waals surface area contributed by atoms with E-state index in [4.69, 9.17) is 0 Å². The maximum Gasteiger partial charge on any atom is 0.275 e. The number of nitrogens with zero attached hydrogens (tertiary/aromatic N) is 2. The van der Waals surface area contributed by atoms with Crippen LogP contribution in [-0.4, -0.2) is 22.4 Å². The van der Waals surface area contributed by atoms with Crippen molar-refractivity contribution >= 4 is 17.4 Å². The van der Waals surface area contributed by atoms with E-state index in [1.807, 2.05) is 25.1 Å². The molecule has 0 aliphatic rings. The van der Waals surface area contributed by atoms with E-state index in [0.717, 1.165) is 24.2 Å². The summed E-state index contributed by atoms with van der Waals surface area (Å²) in [5.74, 6) is 0.273. The van der Waals surface area contributed by atoms with Crippen molar-refractivity contribution in [1.82, 2.24) is 9.97 Å². The Kier molecular flexibility index (Phi) is 4.65. The second-order valence-electron chi connectivity index (χ2n) is 4.53. The Morgan fingerprint density at radius 1 is 1.25 bits per heavy atom. The van der Waals surface area contributed by atoms with Gasteiger partial charge in [-0.1, -0.05) is 6.92 Å². The first kappa shape index (κ1) is 14.0. The van der Waals surface area contributed by atoms with E-state index >= 15 is 0 Å². The van der Waals surface area contributed by atoms with Gasteiger partial charge < -0.3 is 10.6 Å². The Morgan fingerprint density at radius 3 is 2.75 bits per heavy atom. The molecule has 2 aromatic rings. The normalized spacial score (nSPS) is 10.1. The fourth-order valence-electron chi connectivity index (χ4n) is 1.69. The van der Waals surface area contributed by atoms with Crippen molar-refractivity contribution in [1.29, 1.82) is 0 Å². The monoisotopic (exact) mass is 270 g/mol. The zero-order valence-electron chi connectivity index (χ0n) is 11.7. The number of pyridine rings is 2. The molecule has 2 aromatic heterocycles. The van der Waals surface area contributed by atoms with Gasteiger partial charge in [-0.25, -0.2) is 9.97 Å². The van der Waals surface area contributed by atoms with Gasteiger partial charge in [0, 0.05) is 12.7 Å². The second-order valence-corrected chi connectivity index (χ2v) is 4.53. The molecule has 0 bridgehead atoms. The Labute approximate surface area is 118 Å². The summed E-state index contributed by atoms with van der Waals surface area (Å²) >= 11 is 0. The molecule has 104 valence electrons. The summed E-state index contributed by atoms with van der Waals surface area (Å²) in [5, 5.41) is 5.94. The highest BCUT2D eigenvalue weighted by molar-refractivity contribution is 6.02. The predicted molar refractivity (Wildman–Crippen MR) is 79.9 cm³/mol. The molecule has 0 saturated carbocycles. The lowest BCUT2D eigenvalue weighted by Crippen LogP contribution is -2.14. The highest BCUT2D eigenvalue weighted by Gasteiger charge is 2.08. The number of carbonyl (C=O) groups excluding carboxylic acids is 1. The Bertz CT molecular complexity index is 581. The van der Waals surface area contributed by atoms with E-state index < -0.39 is 0 Å². The van der Waals surface area contributed by atoms with Gasteiger partial charge in [0.05, 0.1) is 11.9 Å². The number of hydrogen-bond acceptors (Lipinski definition) is 4.